The number of rotatable bonds is 2. The number of anilines is 1. The van der Waals surface area contributed by atoms with Gasteiger partial charge in [0.1, 0.15) is 6.34 Å². The summed E-state index contributed by atoms with van der Waals surface area (Å²) in [5, 5.41) is 8.48. The summed E-state index contributed by atoms with van der Waals surface area (Å²) < 4.78 is 0. The Morgan fingerprint density at radius 3 is 2.85 bits per heavy atom. The highest BCUT2D eigenvalue weighted by Gasteiger charge is 2.19. The Hall–Kier alpha value is -1.84. The van der Waals surface area contributed by atoms with E-state index in [2.05, 4.69) is 10.4 Å². The van der Waals surface area contributed by atoms with E-state index in [9.17, 15) is 4.79 Å². The summed E-state index contributed by atoms with van der Waals surface area (Å²) in [6.07, 6.45) is 1.97. The van der Waals surface area contributed by atoms with Crippen molar-refractivity contribution in [3.63, 3.8) is 0 Å². The van der Waals surface area contributed by atoms with Crippen molar-refractivity contribution in [2.24, 2.45) is 5.10 Å². The zero-order valence-electron chi connectivity index (χ0n) is 6.92. The van der Waals surface area contributed by atoms with Crippen LogP contribution in [0.15, 0.2) is 35.4 Å². The molecule has 0 spiro atoms. The predicted octanol–water partition coefficient (Wildman–Crippen LogP) is 0.564. The Labute approximate surface area is 75.9 Å². The Bertz CT molecular complexity index is 323. The van der Waals surface area contributed by atoms with Gasteiger partial charge in [-0.3, -0.25) is 4.79 Å². The molecule has 1 unspecified atom stereocenters. The molecule has 4 heteroatoms. The predicted molar refractivity (Wildman–Crippen MR) is 50.4 cm³/mol. The van der Waals surface area contributed by atoms with Gasteiger partial charge in [0.05, 0.1) is 5.69 Å². The Balaban J connectivity index is 2.26. The summed E-state index contributed by atoms with van der Waals surface area (Å²) in [4.78, 5) is 10.6. The van der Waals surface area contributed by atoms with E-state index >= 15 is 0 Å². The second-order valence-corrected chi connectivity index (χ2v) is 2.67. The van der Waals surface area contributed by atoms with E-state index in [1.165, 1.54) is 6.34 Å². The highest BCUT2D eigenvalue weighted by Crippen LogP contribution is 2.16. The highest BCUT2D eigenvalue weighted by atomic mass is 16.1. The van der Waals surface area contributed by atoms with E-state index in [1.807, 2.05) is 30.3 Å². The lowest BCUT2D eigenvalue weighted by Crippen LogP contribution is -2.37. The lowest BCUT2D eigenvalue weighted by molar-refractivity contribution is -0.109. The Morgan fingerprint density at radius 1 is 1.38 bits per heavy atom. The molecule has 1 atom stereocenters. The number of hydrazone groups is 1. The van der Waals surface area contributed by atoms with Gasteiger partial charge in [-0.25, -0.2) is 5.01 Å². The van der Waals surface area contributed by atoms with Gasteiger partial charge >= 0.3 is 0 Å². The van der Waals surface area contributed by atoms with Crippen molar-refractivity contribution in [1.82, 2.24) is 5.32 Å². The van der Waals surface area contributed by atoms with Crippen LogP contribution in [0.3, 0.4) is 0 Å². The summed E-state index contributed by atoms with van der Waals surface area (Å²) in [6, 6.07) is 9.55. The summed E-state index contributed by atoms with van der Waals surface area (Å²) >= 11 is 0. The summed E-state index contributed by atoms with van der Waals surface area (Å²) in [5.74, 6) is 0. The van der Waals surface area contributed by atoms with Gasteiger partial charge < -0.3 is 5.32 Å². The third-order valence-corrected chi connectivity index (χ3v) is 1.84. The van der Waals surface area contributed by atoms with Gasteiger partial charge in [-0.15, -0.1) is 0 Å². The van der Waals surface area contributed by atoms with Crippen LogP contribution in [0.5, 0.6) is 0 Å². The van der Waals surface area contributed by atoms with E-state index in [0.29, 0.717) is 0 Å². The smallest absolute Gasteiger partial charge is 0.178 e. The average molecular weight is 175 g/mol. The number of hydrogen-bond acceptors (Lipinski definition) is 4. The minimum Gasteiger partial charge on any atom is -0.347 e. The third kappa shape index (κ3) is 1.38. The molecule has 4 nitrogen and oxygen atoms in total. The van der Waals surface area contributed by atoms with Crippen LogP contribution in [0.1, 0.15) is 0 Å². The fourth-order valence-electron chi connectivity index (χ4n) is 1.22. The molecule has 2 rings (SSSR count). The van der Waals surface area contributed by atoms with Gasteiger partial charge in [0.25, 0.3) is 0 Å². The van der Waals surface area contributed by atoms with Crippen LogP contribution in [-0.2, 0) is 4.79 Å². The van der Waals surface area contributed by atoms with E-state index in [0.717, 1.165) is 12.0 Å². The van der Waals surface area contributed by atoms with Crippen molar-refractivity contribution >= 4 is 18.3 Å². The zero-order chi connectivity index (χ0) is 9.10. The fraction of sp³-hybridized carbons (Fsp3) is 0.111. The molecule has 13 heavy (non-hydrogen) atoms. The molecule has 1 aliphatic heterocycles. The molecule has 1 aliphatic rings. The topological polar surface area (TPSA) is 44.7 Å². The molecule has 0 saturated heterocycles. The van der Waals surface area contributed by atoms with E-state index in [1.54, 1.807) is 5.01 Å². The quantitative estimate of drug-likeness (QED) is 0.668. The number of aldehydes is 1. The summed E-state index contributed by atoms with van der Waals surface area (Å²) in [6.45, 7) is 0. The molecule has 66 valence electrons. The number of carbonyl (C=O) groups is 1. The van der Waals surface area contributed by atoms with Crippen LogP contribution >= 0.6 is 0 Å². The maximum absolute atomic E-state index is 10.6. The molecule has 0 bridgehead atoms. The second-order valence-electron chi connectivity index (χ2n) is 2.67. The number of nitrogens with one attached hydrogen (secondary N) is 1. The molecule has 0 fully saturated rings. The van der Waals surface area contributed by atoms with Crippen molar-refractivity contribution in [3.05, 3.63) is 30.3 Å². The van der Waals surface area contributed by atoms with Crippen molar-refractivity contribution in [1.29, 1.82) is 0 Å². The van der Waals surface area contributed by atoms with Crippen molar-refractivity contribution in [2.75, 3.05) is 5.01 Å². The largest absolute Gasteiger partial charge is 0.347 e. The highest BCUT2D eigenvalue weighted by molar-refractivity contribution is 5.75. The molecule has 1 aromatic rings. The molecule has 1 heterocycles. The zero-order valence-corrected chi connectivity index (χ0v) is 6.92. The number of benzene rings is 1. The maximum Gasteiger partial charge on any atom is 0.178 e. The molecule has 0 saturated carbocycles. The van der Waals surface area contributed by atoms with Crippen LogP contribution in [0.2, 0.25) is 0 Å². The van der Waals surface area contributed by atoms with Crippen LogP contribution in [0.25, 0.3) is 0 Å². The average Bonchev–Trinajstić information content (AvgIpc) is 2.67. The van der Waals surface area contributed by atoms with E-state index in [-0.39, 0.29) is 6.17 Å². The van der Waals surface area contributed by atoms with Gasteiger partial charge in [-0.05, 0) is 12.1 Å². The molecular formula is C9H9N3O. The third-order valence-electron chi connectivity index (χ3n) is 1.84. The molecular weight excluding hydrogens is 166 g/mol. The first-order valence-corrected chi connectivity index (χ1v) is 4.00. The number of nitrogens with zero attached hydrogens (tertiary/aromatic N) is 2. The van der Waals surface area contributed by atoms with Crippen LogP contribution in [-0.4, -0.2) is 18.8 Å². The first-order valence-electron chi connectivity index (χ1n) is 4.00. The maximum atomic E-state index is 10.6. The van der Waals surface area contributed by atoms with Gasteiger partial charge in [-0.1, -0.05) is 18.2 Å². The Kier molecular flexibility index (Phi) is 1.96. The molecule has 0 aromatic heterocycles. The standard InChI is InChI=1S/C9H9N3O/c13-6-9-10-7-11-12(9)8-4-2-1-3-5-8/h1-7,9H,(H,10,11). The van der Waals surface area contributed by atoms with Gasteiger partial charge in [0.2, 0.25) is 0 Å². The lowest BCUT2D eigenvalue weighted by Gasteiger charge is -2.18. The summed E-state index contributed by atoms with van der Waals surface area (Å²) in [7, 11) is 0. The normalized spacial score (nSPS) is 20.0. The molecule has 0 aliphatic carbocycles. The lowest BCUT2D eigenvalue weighted by atomic mass is 10.3. The van der Waals surface area contributed by atoms with Crippen molar-refractivity contribution < 1.29 is 4.79 Å². The van der Waals surface area contributed by atoms with Gasteiger partial charge in [-0.2, -0.15) is 5.10 Å². The van der Waals surface area contributed by atoms with Gasteiger partial charge in [0.15, 0.2) is 12.5 Å². The van der Waals surface area contributed by atoms with Crippen LogP contribution in [0.4, 0.5) is 5.69 Å². The molecule has 0 radical (unpaired) electrons. The van der Waals surface area contributed by atoms with E-state index < -0.39 is 0 Å². The number of carbonyl (C=O) groups excluding carboxylic acids is 1. The van der Waals surface area contributed by atoms with Crippen molar-refractivity contribution in [3.8, 4) is 0 Å². The van der Waals surface area contributed by atoms with E-state index in [4.69, 9.17) is 0 Å². The first-order chi connectivity index (χ1) is 6.42. The number of para-hydroxylation sites is 1. The molecule has 0 amide bonds. The minimum atomic E-state index is -0.373. The SMILES string of the molecule is O=CC1NC=NN1c1ccccc1. The second kappa shape index (κ2) is 3.26. The fourth-order valence-corrected chi connectivity index (χ4v) is 1.22. The van der Waals surface area contributed by atoms with Crippen molar-refractivity contribution in [2.45, 2.75) is 6.17 Å². The first kappa shape index (κ1) is 7.79. The minimum absolute atomic E-state index is 0.373. The summed E-state index contributed by atoms with van der Waals surface area (Å²) in [5.41, 5.74) is 0.904. The monoisotopic (exact) mass is 175 g/mol. The van der Waals surface area contributed by atoms with Crippen LogP contribution in [0, 0.1) is 0 Å². The Morgan fingerprint density at radius 2 is 2.15 bits per heavy atom. The van der Waals surface area contributed by atoms with Crippen LogP contribution < -0.4 is 10.3 Å². The molecule has 1 aromatic carbocycles. The molecule has 1 N–H and O–H groups in total. The van der Waals surface area contributed by atoms with Gasteiger partial charge in [0, 0.05) is 0 Å². The number of hydrogen-bond donors (Lipinski definition) is 1.